The first-order valence-electron chi connectivity index (χ1n) is 6.05. The molecule has 18 heavy (non-hydrogen) atoms. The molecule has 1 aromatic heterocycles. The van der Waals surface area contributed by atoms with Gasteiger partial charge in [0.2, 0.25) is 5.91 Å². The number of carbonyl (C=O) groups is 2. The van der Waals surface area contributed by atoms with E-state index in [-0.39, 0.29) is 17.7 Å². The number of amides is 1. The number of rotatable bonds is 3. The summed E-state index contributed by atoms with van der Waals surface area (Å²) in [5.41, 5.74) is 0.622. The highest BCUT2D eigenvalue weighted by Crippen LogP contribution is 2.18. The van der Waals surface area contributed by atoms with Gasteiger partial charge in [-0.3, -0.25) is 9.59 Å². The minimum absolute atomic E-state index is 0.00161. The molecule has 0 aliphatic carbocycles. The standard InChI is InChI=1S/C13H17N3O2/c1-9(17)11-3-4-13(14-7-11)16-6-5-12(8-16)15-10(2)18/h3-4,7,12H,5-6,8H2,1-2H3,(H,15,18). The van der Waals surface area contributed by atoms with Crippen molar-refractivity contribution in [2.24, 2.45) is 0 Å². The van der Waals surface area contributed by atoms with E-state index in [9.17, 15) is 9.59 Å². The lowest BCUT2D eigenvalue weighted by atomic mass is 10.2. The molecule has 0 bridgehead atoms. The highest BCUT2D eigenvalue weighted by Gasteiger charge is 2.23. The first-order valence-corrected chi connectivity index (χ1v) is 6.05. The van der Waals surface area contributed by atoms with Crippen molar-refractivity contribution in [3.05, 3.63) is 23.9 Å². The van der Waals surface area contributed by atoms with Crippen LogP contribution in [0.15, 0.2) is 18.3 Å². The number of hydrogen-bond donors (Lipinski definition) is 1. The number of nitrogens with one attached hydrogen (secondary N) is 1. The summed E-state index contributed by atoms with van der Waals surface area (Å²) >= 11 is 0. The molecule has 1 unspecified atom stereocenters. The van der Waals surface area contributed by atoms with E-state index in [1.165, 1.54) is 13.8 Å². The summed E-state index contributed by atoms with van der Waals surface area (Å²) in [5, 5.41) is 2.91. The van der Waals surface area contributed by atoms with Crippen molar-refractivity contribution in [3.63, 3.8) is 0 Å². The van der Waals surface area contributed by atoms with Crippen LogP contribution in [0.4, 0.5) is 5.82 Å². The molecule has 1 amide bonds. The molecule has 96 valence electrons. The maximum atomic E-state index is 11.2. The first kappa shape index (κ1) is 12.5. The molecule has 0 radical (unpaired) electrons. The van der Waals surface area contributed by atoms with Crippen molar-refractivity contribution in [1.29, 1.82) is 0 Å². The average molecular weight is 247 g/mol. The van der Waals surface area contributed by atoms with Crippen LogP contribution in [0.1, 0.15) is 30.6 Å². The van der Waals surface area contributed by atoms with E-state index in [0.29, 0.717) is 5.56 Å². The van der Waals surface area contributed by atoms with Crippen molar-refractivity contribution in [2.75, 3.05) is 18.0 Å². The van der Waals surface area contributed by atoms with Gasteiger partial charge in [-0.1, -0.05) is 0 Å². The second-order valence-corrected chi connectivity index (χ2v) is 4.59. The van der Waals surface area contributed by atoms with Gasteiger partial charge in [0.15, 0.2) is 5.78 Å². The van der Waals surface area contributed by atoms with Crippen molar-refractivity contribution in [1.82, 2.24) is 10.3 Å². The maximum absolute atomic E-state index is 11.2. The second-order valence-electron chi connectivity index (χ2n) is 4.59. The third-order valence-electron chi connectivity index (χ3n) is 3.07. The van der Waals surface area contributed by atoms with Gasteiger partial charge in [-0.15, -0.1) is 0 Å². The molecule has 0 spiro atoms. The van der Waals surface area contributed by atoms with Crippen LogP contribution in [-0.2, 0) is 4.79 Å². The summed E-state index contributed by atoms with van der Waals surface area (Å²) in [6.07, 6.45) is 2.53. The summed E-state index contributed by atoms with van der Waals surface area (Å²) < 4.78 is 0. The van der Waals surface area contributed by atoms with E-state index in [0.717, 1.165) is 25.3 Å². The highest BCUT2D eigenvalue weighted by molar-refractivity contribution is 5.93. The van der Waals surface area contributed by atoms with Gasteiger partial charge < -0.3 is 10.2 Å². The molecule has 1 saturated heterocycles. The Balaban J connectivity index is 2.01. The second kappa shape index (κ2) is 5.16. The van der Waals surface area contributed by atoms with Gasteiger partial charge in [-0.05, 0) is 25.5 Å². The molecule has 2 rings (SSSR count). The van der Waals surface area contributed by atoms with Crippen LogP contribution < -0.4 is 10.2 Å². The Bertz CT molecular complexity index is 456. The number of pyridine rings is 1. The molecule has 1 aliphatic rings. The van der Waals surface area contributed by atoms with Gasteiger partial charge in [-0.25, -0.2) is 4.98 Å². The molecule has 5 heteroatoms. The summed E-state index contributed by atoms with van der Waals surface area (Å²) in [7, 11) is 0. The van der Waals surface area contributed by atoms with Gasteiger partial charge in [-0.2, -0.15) is 0 Å². The fourth-order valence-corrected chi connectivity index (χ4v) is 2.16. The zero-order chi connectivity index (χ0) is 13.1. The largest absolute Gasteiger partial charge is 0.354 e. The number of aromatic nitrogens is 1. The van der Waals surface area contributed by atoms with Crippen molar-refractivity contribution < 1.29 is 9.59 Å². The van der Waals surface area contributed by atoms with Crippen LogP contribution in [0.3, 0.4) is 0 Å². The smallest absolute Gasteiger partial charge is 0.217 e. The van der Waals surface area contributed by atoms with E-state index in [1.807, 2.05) is 6.07 Å². The van der Waals surface area contributed by atoms with E-state index in [4.69, 9.17) is 0 Å². The number of ketones is 1. The lowest BCUT2D eigenvalue weighted by Gasteiger charge is -2.17. The first-order chi connectivity index (χ1) is 8.56. The fourth-order valence-electron chi connectivity index (χ4n) is 2.16. The molecule has 1 N–H and O–H groups in total. The van der Waals surface area contributed by atoms with Crippen molar-refractivity contribution >= 4 is 17.5 Å². The van der Waals surface area contributed by atoms with E-state index in [1.54, 1.807) is 12.3 Å². The molecule has 0 aromatic carbocycles. The maximum Gasteiger partial charge on any atom is 0.217 e. The fraction of sp³-hybridized carbons (Fsp3) is 0.462. The quantitative estimate of drug-likeness (QED) is 0.809. The normalized spacial score (nSPS) is 18.8. The monoisotopic (exact) mass is 247 g/mol. The minimum atomic E-state index is 0.00161. The van der Waals surface area contributed by atoms with Crippen molar-refractivity contribution in [3.8, 4) is 0 Å². The predicted molar refractivity (Wildman–Crippen MR) is 68.7 cm³/mol. The van der Waals surface area contributed by atoms with Gasteiger partial charge in [0.1, 0.15) is 5.82 Å². The van der Waals surface area contributed by atoms with Gasteiger partial charge >= 0.3 is 0 Å². The molecule has 2 heterocycles. The molecule has 1 fully saturated rings. The molecule has 0 saturated carbocycles. The Morgan fingerprint density at radius 3 is 2.72 bits per heavy atom. The average Bonchev–Trinajstić information content (AvgIpc) is 2.76. The molecule has 5 nitrogen and oxygen atoms in total. The lowest BCUT2D eigenvalue weighted by Crippen LogP contribution is -2.35. The zero-order valence-corrected chi connectivity index (χ0v) is 10.6. The van der Waals surface area contributed by atoms with Crippen LogP contribution in [0, 0.1) is 0 Å². The van der Waals surface area contributed by atoms with Gasteiger partial charge in [0.05, 0.1) is 0 Å². The molecular weight excluding hydrogens is 230 g/mol. The van der Waals surface area contributed by atoms with E-state index >= 15 is 0 Å². The Kier molecular flexibility index (Phi) is 3.60. The predicted octanol–water partition coefficient (Wildman–Crippen LogP) is 0.999. The SMILES string of the molecule is CC(=O)NC1CCN(c2ccc(C(C)=O)cn2)C1. The van der Waals surface area contributed by atoms with Crippen LogP contribution >= 0.6 is 0 Å². The van der Waals surface area contributed by atoms with E-state index < -0.39 is 0 Å². The molecular formula is C13H17N3O2. The Labute approximate surface area is 106 Å². The third kappa shape index (κ3) is 2.85. The Morgan fingerprint density at radius 2 is 2.17 bits per heavy atom. The van der Waals surface area contributed by atoms with Crippen LogP contribution in [-0.4, -0.2) is 35.8 Å². The van der Waals surface area contributed by atoms with Crippen molar-refractivity contribution in [2.45, 2.75) is 26.3 Å². The van der Waals surface area contributed by atoms with Crippen LogP contribution in [0.5, 0.6) is 0 Å². The summed E-state index contributed by atoms with van der Waals surface area (Å²) in [4.78, 5) is 28.5. The van der Waals surface area contributed by atoms with Crippen LogP contribution in [0.25, 0.3) is 0 Å². The number of Topliss-reactive ketones (excluding diaryl/α,β-unsaturated/α-hetero) is 1. The number of nitrogens with zero attached hydrogens (tertiary/aromatic N) is 2. The van der Waals surface area contributed by atoms with Gasteiger partial charge in [0.25, 0.3) is 0 Å². The number of anilines is 1. The van der Waals surface area contributed by atoms with E-state index in [2.05, 4.69) is 15.2 Å². The highest BCUT2D eigenvalue weighted by atomic mass is 16.1. The van der Waals surface area contributed by atoms with Gasteiger partial charge in [0, 0.05) is 37.8 Å². The summed E-state index contributed by atoms with van der Waals surface area (Å²) in [6, 6.07) is 3.83. The number of hydrogen-bond acceptors (Lipinski definition) is 4. The summed E-state index contributed by atoms with van der Waals surface area (Å²) in [6.45, 7) is 4.70. The third-order valence-corrected chi connectivity index (χ3v) is 3.07. The number of carbonyl (C=O) groups excluding carboxylic acids is 2. The lowest BCUT2D eigenvalue weighted by molar-refractivity contribution is -0.119. The topological polar surface area (TPSA) is 62.3 Å². The van der Waals surface area contributed by atoms with Crippen LogP contribution in [0.2, 0.25) is 0 Å². The zero-order valence-electron chi connectivity index (χ0n) is 10.6. The molecule has 1 atom stereocenters. The molecule has 1 aromatic rings. The Morgan fingerprint density at radius 1 is 1.39 bits per heavy atom. The summed E-state index contributed by atoms with van der Waals surface area (Å²) in [5.74, 6) is 0.876. The minimum Gasteiger partial charge on any atom is -0.354 e. The molecule has 1 aliphatic heterocycles. The Hall–Kier alpha value is -1.91.